The van der Waals surface area contributed by atoms with Gasteiger partial charge >= 0.3 is 0 Å². The normalized spacial score (nSPS) is 13.8. The molecule has 0 spiro atoms. The summed E-state index contributed by atoms with van der Waals surface area (Å²) in [6.07, 6.45) is 1.19. The van der Waals surface area contributed by atoms with Gasteiger partial charge in [-0.05, 0) is 5.92 Å². The lowest BCUT2D eigenvalue weighted by Crippen LogP contribution is -2.32. The van der Waals surface area contributed by atoms with Gasteiger partial charge in [-0.2, -0.15) is 0 Å². The van der Waals surface area contributed by atoms with Crippen molar-refractivity contribution in [1.82, 2.24) is 10.8 Å². The minimum Gasteiger partial charge on any atom is -0.311 e. The second-order valence-electron chi connectivity index (χ2n) is 2.04. The summed E-state index contributed by atoms with van der Waals surface area (Å²) in [4.78, 5) is 0. The Bertz CT molecular complexity index is 49.7. The van der Waals surface area contributed by atoms with Gasteiger partial charge in [0.25, 0.3) is 0 Å². The van der Waals surface area contributed by atoms with Crippen LogP contribution in [0.4, 0.5) is 0 Å². The number of hydrogen-bond donors (Lipinski definition) is 2. The molecule has 3 heteroatoms. The summed E-state index contributed by atoms with van der Waals surface area (Å²) in [7, 11) is 4.97. The molecule has 0 aliphatic heterocycles. The van der Waals surface area contributed by atoms with E-state index in [-0.39, 0.29) is 0 Å². The fourth-order valence-corrected chi connectivity index (χ4v) is 0.377. The summed E-state index contributed by atoms with van der Waals surface area (Å²) in [6.45, 7) is 5.26. The second kappa shape index (κ2) is 5.13. The summed E-state index contributed by atoms with van der Waals surface area (Å²) in [5.41, 5.74) is 2.83. The van der Waals surface area contributed by atoms with Gasteiger partial charge in [-0.1, -0.05) is 20.3 Å². The number of hydrazine groups is 1. The lowest BCUT2D eigenvalue weighted by molar-refractivity contribution is 0.492. The van der Waals surface area contributed by atoms with Crippen LogP contribution in [0, 0.1) is 5.92 Å². The van der Waals surface area contributed by atoms with E-state index in [0.29, 0.717) is 5.92 Å². The monoisotopic (exact) mass is 112 g/mol. The van der Waals surface area contributed by atoms with Crippen molar-refractivity contribution in [3.63, 3.8) is 0 Å². The van der Waals surface area contributed by atoms with Crippen LogP contribution in [-0.4, -0.2) is 14.5 Å². The van der Waals surface area contributed by atoms with Crippen molar-refractivity contribution in [1.29, 1.82) is 0 Å². The quantitative estimate of drug-likeness (QED) is 0.401. The largest absolute Gasteiger partial charge is 0.311 e. The average molecular weight is 112 g/mol. The topological polar surface area (TPSA) is 24.1 Å². The molecule has 0 fully saturated rings. The van der Waals surface area contributed by atoms with Gasteiger partial charge in [-0.3, -0.25) is 5.43 Å². The van der Waals surface area contributed by atoms with E-state index in [9.17, 15) is 0 Å². The summed E-state index contributed by atoms with van der Waals surface area (Å²) in [5.74, 6) is 0.700. The summed E-state index contributed by atoms with van der Waals surface area (Å²) in [6, 6.07) is 0. The molecule has 0 saturated heterocycles. The molecule has 0 aliphatic rings. The zero-order valence-corrected chi connectivity index (χ0v) is 5.57. The third kappa shape index (κ3) is 4.15. The van der Waals surface area contributed by atoms with E-state index in [2.05, 4.69) is 24.6 Å². The second-order valence-corrected chi connectivity index (χ2v) is 2.04. The first kappa shape index (κ1) is 7.98. The molecule has 0 rings (SSSR count). The predicted octanol–water partition coefficient (Wildman–Crippen LogP) is 0.210. The van der Waals surface area contributed by atoms with Gasteiger partial charge in [0.2, 0.25) is 7.98 Å². The van der Waals surface area contributed by atoms with Gasteiger partial charge in [-0.15, -0.1) is 0 Å². The molecule has 0 aliphatic carbocycles. The lowest BCUT2D eigenvalue weighted by atomic mass is 10.1. The molecule has 0 amide bonds. The smallest absolute Gasteiger partial charge is 0.201 e. The molecule has 0 aromatic rings. The third-order valence-electron chi connectivity index (χ3n) is 1.25. The third-order valence-corrected chi connectivity index (χ3v) is 1.25. The van der Waals surface area contributed by atoms with Crippen LogP contribution in [0.2, 0.25) is 0 Å². The first-order valence-electron chi connectivity index (χ1n) is 2.99. The maximum atomic E-state index is 4.97. The van der Waals surface area contributed by atoms with Crippen molar-refractivity contribution < 1.29 is 0 Å². The Morgan fingerprint density at radius 2 is 2.25 bits per heavy atom. The van der Waals surface area contributed by atoms with E-state index in [0.717, 1.165) is 6.54 Å². The highest BCUT2D eigenvalue weighted by Gasteiger charge is 1.93. The van der Waals surface area contributed by atoms with Gasteiger partial charge in [-0.25, -0.2) is 0 Å². The fourth-order valence-electron chi connectivity index (χ4n) is 0.377. The Hall–Kier alpha value is -0.0151. The average Bonchev–Trinajstić information content (AvgIpc) is 1.83. The van der Waals surface area contributed by atoms with Crippen molar-refractivity contribution in [2.75, 3.05) is 6.54 Å². The molecule has 2 N–H and O–H groups in total. The van der Waals surface area contributed by atoms with Gasteiger partial charge < -0.3 is 5.34 Å². The molecule has 0 saturated carbocycles. The first-order valence-corrected chi connectivity index (χ1v) is 2.99. The van der Waals surface area contributed by atoms with Crippen LogP contribution in [0.5, 0.6) is 0 Å². The maximum Gasteiger partial charge on any atom is 0.201 e. The van der Waals surface area contributed by atoms with Crippen LogP contribution < -0.4 is 10.8 Å². The van der Waals surface area contributed by atoms with Crippen LogP contribution in [-0.2, 0) is 0 Å². The Morgan fingerprint density at radius 1 is 1.62 bits per heavy atom. The van der Waals surface area contributed by atoms with Crippen molar-refractivity contribution >= 4 is 7.98 Å². The standard InChI is InChI=1S/C5H13BN2/c1-3-5(2)4-7-8-6/h5,7-8H,3-4H2,1-2H3. The van der Waals surface area contributed by atoms with Crippen molar-refractivity contribution in [3.8, 4) is 0 Å². The van der Waals surface area contributed by atoms with E-state index >= 15 is 0 Å². The first-order chi connectivity index (χ1) is 3.81. The number of nitrogens with one attached hydrogen (secondary N) is 2. The van der Waals surface area contributed by atoms with Gasteiger partial charge in [0.1, 0.15) is 0 Å². The molecule has 1 atom stereocenters. The molecule has 46 valence electrons. The molecule has 1 unspecified atom stereocenters. The molecule has 0 heterocycles. The van der Waals surface area contributed by atoms with E-state index < -0.39 is 0 Å². The van der Waals surface area contributed by atoms with Crippen LogP contribution in [0.3, 0.4) is 0 Å². The van der Waals surface area contributed by atoms with Crippen molar-refractivity contribution in [2.24, 2.45) is 5.92 Å². The summed E-state index contributed by atoms with van der Waals surface area (Å²) < 4.78 is 0. The predicted molar refractivity (Wildman–Crippen MR) is 36.3 cm³/mol. The molecular formula is C5H13BN2. The summed E-state index contributed by atoms with van der Waals surface area (Å²) in [5, 5.41) is 2.38. The summed E-state index contributed by atoms with van der Waals surface area (Å²) >= 11 is 0. The number of hydrogen-bond acceptors (Lipinski definition) is 2. The van der Waals surface area contributed by atoms with Crippen LogP contribution in [0.25, 0.3) is 0 Å². The van der Waals surface area contributed by atoms with Crippen LogP contribution in [0.15, 0.2) is 0 Å². The Labute approximate surface area is 52.4 Å². The van der Waals surface area contributed by atoms with Crippen LogP contribution in [0.1, 0.15) is 20.3 Å². The zero-order chi connectivity index (χ0) is 6.41. The van der Waals surface area contributed by atoms with Gasteiger partial charge in [0.15, 0.2) is 0 Å². The van der Waals surface area contributed by atoms with Crippen molar-refractivity contribution in [2.45, 2.75) is 20.3 Å². The molecule has 2 nitrogen and oxygen atoms in total. The van der Waals surface area contributed by atoms with E-state index in [1.54, 1.807) is 0 Å². The fraction of sp³-hybridized carbons (Fsp3) is 1.00. The lowest BCUT2D eigenvalue weighted by Gasteiger charge is -2.07. The Kier molecular flexibility index (Phi) is 5.12. The number of rotatable bonds is 4. The highest BCUT2D eigenvalue weighted by atomic mass is 15.3. The molecule has 0 bridgehead atoms. The van der Waals surface area contributed by atoms with Crippen molar-refractivity contribution in [3.05, 3.63) is 0 Å². The highest BCUT2D eigenvalue weighted by molar-refractivity contribution is 6.03. The molecule has 0 aromatic heterocycles. The Morgan fingerprint density at radius 3 is 2.62 bits per heavy atom. The zero-order valence-electron chi connectivity index (χ0n) is 5.57. The Balaban J connectivity index is 2.86. The molecule has 0 aromatic carbocycles. The SMILES string of the molecule is [B]NNCC(C)CC. The van der Waals surface area contributed by atoms with Crippen LogP contribution >= 0.6 is 0 Å². The van der Waals surface area contributed by atoms with Gasteiger partial charge in [0, 0.05) is 6.54 Å². The molecule has 8 heavy (non-hydrogen) atoms. The van der Waals surface area contributed by atoms with E-state index in [4.69, 9.17) is 7.98 Å². The molecule has 2 radical (unpaired) electrons. The minimum absolute atomic E-state index is 0.700. The molecular weight excluding hydrogens is 98.9 g/mol. The minimum atomic E-state index is 0.700. The van der Waals surface area contributed by atoms with E-state index in [1.807, 2.05) is 0 Å². The maximum absolute atomic E-state index is 4.97. The van der Waals surface area contributed by atoms with Gasteiger partial charge in [0.05, 0.1) is 0 Å². The highest BCUT2D eigenvalue weighted by Crippen LogP contribution is 1.95. The van der Waals surface area contributed by atoms with E-state index in [1.165, 1.54) is 6.42 Å².